The van der Waals surface area contributed by atoms with Gasteiger partial charge in [0.05, 0.1) is 0 Å². The zero-order valence-corrected chi connectivity index (χ0v) is 46.4. The summed E-state index contributed by atoms with van der Waals surface area (Å²) in [7, 11) is -19.1. The highest BCUT2D eigenvalue weighted by Gasteiger charge is 2.49. The average Bonchev–Trinajstić information content (AvgIpc) is 2.83. The van der Waals surface area contributed by atoms with E-state index in [4.69, 9.17) is 37.0 Å². The molecule has 1 aromatic rings. The first-order chi connectivity index (χ1) is 21.3. The third-order valence-corrected chi connectivity index (χ3v) is 39.9. The van der Waals surface area contributed by atoms with Crippen molar-refractivity contribution in [3.8, 4) is 0 Å². The molecule has 0 fully saturated rings. The molecule has 0 N–H and O–H groups in total. The summed E-state index contributed by atoms with van der Waals surface area (Å²) in [5.41, 5.74) is 9.56. The van der Waals surface area contributed by atoms with Gasteiger partial charge in [-0.3, -0.25) is 0 Å². The van der Waals surface area contributed by atoms with Crippen LogP contribution < -0.4 is 0 Å². The van der Waals surface area contributed by atoms with Crippen molar-refractivity contribution in [1.29, 1.82) is 0 Å². The quantitative estimate of drug-likeness (QED) is 0.116. The van der Waals surface area contributed by atoms with E-state index in [1.54, 1.807) is 0 Å². The van der Waals surface area contributed by atoms with Crippen molar-refractivity contribution in [1.82, 2.24) is 0 Å². The van der Waals surface area contributed by atoms with Crippen LogP contribution >= 0.6 is 0 Å². The lowest BCUT2D eigenvalue weighted by atomic mass is 9.86. The standard InChI is InChI=1S/C29H70O9Si10/c1-22-23(2)25(4)29(26(5)24(22)3)27(6)28(7)42(8,9)33-44(12,13)35-46(16,17)37-48(20,21)38-47(18,19)36-45(14,15)34-43(10,11)32-41-31-40-30-39/h40-41H2,1-21,39H3. The maximum atomic E-state index is 7.08. The van der Waals surface area contributed by atoms with Crippen molar-refractivity contribution in [3.63, 3.8) is 0 Å². The molecule has 1 aromatic carbocycles. The van der Waals surface area contributed by atoms with E-state index >= 15 is 0 Å². The summed E-state index contributed by atoms with van der Waals surface area (Å²) < 4.78 is 57.8. The van der Waals surface area contributed by atoms with Gasteiger partial charge in [-0.05, 0) is 179 Å². The summed E-state index contributed by atoms with van der Waals surface area (Å²) in [6.45, 7) is 45.4. The highest BCUT2D eigenvalue weighted by molar-refractivity contribution is 6.92. The van der Waals surface area contributed by atoms with E-state index in [0.29, 0.717) is 10.5 Å². The van der Waals surface area contributed by atoms with E-state index in [-0.39, 0.29) is 0 Å². The smallest absolute Gasteiger partial charge is 0.314 e. The van der Waals surface area contributed by atoms with Crippen LogP contribution in [0.2, 0.25) is 91.7 Å². The van der Waals surface area contributed by atoms with Crippen LogP contribution in [0.5, 0.6) is 0 Å². The van der Waals surface area contributed by atoms with Crippen molar-refractivity contribution in [2.45, 2.75) is 140 Å². The molecule has 0 saturated carbocycles. The SMILES string of the molecule is CC(=C(C)[Si](C)(C)O[Si](C)(C)O[Si](C)(C)O[Si](C)(C)O[Si](C)(C)O[Si](C)(C)O[Si](C)(C)O[SiH2]O[SiH2]O[SiH3])c1c(C)c(C)c(C)c(C)c1C. The van der Waals surface area contributed by atoms with E-state index in [2.05, 4.69) is 140 Å². The van der Waals surface area contributed by atoms with E-state index in [1.165, 1.54) is 44.2 Å². The van der Waals surface area contributed by atoms with Crippen LogP contribution in [0.25, 0.3) is 5.57 Å². The number of hydrogen-bond acceptors (Lipinski definition) is 9. The van der Waals surface area contributed by atoms with Crippen molar-refractivity contribution in [2.75, 3.05) is 0 Å². The van der Waals surface area contributed by atoms with Gasteiger partial charge in [0, 0.05) is 0 Å². The van der Waals surface area contributed by atoms with Gasteiger partial charge in [0.25, 0.3) is 20.0 Å². The van der Waals surface area contributed by atoms with Crippen molar-refractivity contribution < 1.29 is 37.0 Å². The largest absolute Gasteiger partial charge is 0.449 e. The summed E-state index contributed by atoms with van der Waals surface area (Å²) in [6.07, 6.45) is 0. The van der Waals surface area contributed by atoms with Crippen molar-refractivity contribution in [2.24, 2.45) is 0 Å². The molecule has 0 aliphatic rings. The molecule has 0 bridgehead atoms. The van der Waals surface area contributed by atoms with Crippen molar-refractivity contribution in [3.05, 3.63) is 38.6 Å². The van der Waals surface area contributed by atoms with Crippen LogP contribution in [0.1, 0.15) is 47.2 Å². The Morgan fingerprint density at radius 1 is 0.458 bits per heavy atom. The number of allylic oxidation sites excluding steroid dienone is 2. The number of hydrogen-bond donors (Lipinski definition) is 0. The van der Waals surface area contributed by atoms with E-state index in [9.17, 15) is 0 Å². The fourth-order valence-electron chi connectivity index (χ4n) is 6.79. The van der Waals surface area contributed by atoms with Gasteiger partial charge in [-0.1, -0.05) is 5.20 Å². The Morgan fingerprint density at radius 2 is 0.771 bits per heavy atom. The molecule has 0 aromatic heterocycles. The maximum absolute atomic E-state index is 7.08. The fraction of sp³-hybridized carbons (Fsp3) is 0.724. The van der Waals surface area contributed by atoms with Gasteiger partial charge >= 0.3 is 51.4 Å². The lowest BCUT2D eigenvalue weighted by molar-refractivity contribution is 0.264. The molecule has 280 valence electrons. The van der Waals surface area contributed by atoms with Gasteiger partial charge in [0.1, 0.15) is 10.5 Å². The Balaban J connectivity index is 3.08. The molecule has 0 aliphatic carbocycles. The zero-order valence-electron chi connectivity index (χ0n) is 34.6. The molecule has 0 aliphatic heterocycles. The summed E-state index contributed by atoms with van der Waals surface area (Å²) >= 11 is 0. The molecule has 19 heteroatoms. The third-order valence-electron chi connectivity index (χ3n) is 8.49. The maximum Gasteiger partial charge on any atom is 0.314 e. The predicted octanol–water partition coefficient (Wildman–Crippen LogP) is 6.40. The van der Waals surface area contributed by atoms with Crippen LogP contribution in [0.3, 0.4) is 0 Å². The second kappa shape index (κ2) is 17.3. The van der Waals surface area contributed by atoms with Crippen LogP contribution in [0, 0.1) is 34.6 Å². The molecular weight excluding hydrogens is 773 g/mol. The minimum Gasteiger partial charge on any atom is -0.449 e. The van der Waals surface area contributed by atoms with Crippen LogP contribution in [0.15, 0.2) is 5.20 Å². The first-order valence-electron chi connectivity index (χ1n) is 17.0. The van der Waals surface area contributed by atoms with Crippen molar-refractivity contribution >= 4 is 95.8 Å². The second-order valence-electron chi connectivity index (χ2n) is 16.1. The Hall–Kier alpha value is 0.769. The van der Waals surface area contributed by atoms with Crippen LogP contribution in [-0.2, 0) is 37.0 Å². The molecule has 0 unspecified atom stereocenters. The topological polar surface area (TPSA) is 83.1 Å². The highest BCUT2D eigenvalue weighted by Crippen LogP contribution is 2.36. The Bertz CT molecular complexity index is 1270. The summed E-state index contributed by atoms with van der Waals surface area (Å²) in [4.78, 5) is 0. The summed E-state index contributed by atoms with van der Waals surface area (Å²) in [6, 6.07) is 0. The van der Waals surface area contributed by atoms with Gasteiger partial charge in [-0.15, -0.1) is 0 Å². The zero-order chi connectivity index (χ0) is 37.9. The lowest BCUT2D eigenvalue weighted by Crippen LogP contribution is -2.61. The fourth-order valence-corrected chi connectivity index (χ4v) is 45.2. The first-order valence-corrected chi connectivity index (χ1v) is 39.9. The third kappa shape index (κ3) is 14.7. The highest BCUT2D eigenvalue weighted by atomic mass is 28.5. The van der Waals surface area contributed by atoms with Gasteiger partial charge < -0.3 is 37.0 Å². The number of rotatable bonds is 19. The predicted molar refractivity (Wildman–Crippen MR) is 228 cm³/mol. The minimum atomic E-state index is -2.66. The molecule has 0 heterocycles. The van der Waals surface area contributed by atoms with Gasteiger partial charge in [0.15, 0.2) is 0 Å². The molecule has 9 nitrogen and oxygen atoms in total. The van der Waals surface area contributed by atoms with Gasteiger partial charge in [0.2, 0.25) is 8.32 Å². The molecule has 0 spiro atoms. The van der Waals surface area contributed by atoms with Crippen LogP contribution in [-0.4, -0.2) is 90.2 Å². The molecule has 1 rings (SSSR count). The summed E-state index contributed by atoms with van der Waals surface area (Å²) in [5.74, 6) is 0. The minimum absolute atomic E-state index is 0.709. The Labute approximate surface area is 309 Å². The van der Waals surface area contributed by atoms with E-state index in [0.717, 1.165) is 0 Å². The Kier molecular flexibility index (Phi) is 16.8. The second-order valence-corrected chi connectivity index (χ2v) is 47.2. The molecule has 0 radical (unpaired) electrons. The van der Waals surface area contributed by atoms with E-state index < -0.39 is 79.7 Å². The van der Waals surface area contributed by atoms with E-state index in [1.807, 2.05) is 0 Å². The molecule has 0 saturated heterocycles. The van der Waals surface area contributed by atoms with Crippen LogP contribution in [0.4, 0.5) is 0 Å². The van der Waals surface area contributed by atoms with Gasteiger partial charge in [-0.2, -0.15) is 0 Å². The number of benzene rings is 1. The molecule has 0 atom stereocenters. The summed E-state index contributed by atoms with van der Waals surface area (Å²) in [5, 5.41) is 1.35. The average molecular weight is 844 g/mol. The first kappa shape index (κ1) is 46.8. The molecule has 0 amide bonds. The lowest BCUT2D eigenvalue weighted by Gasteiger charge is -2.44. The van der Waals surface area contributed by atoms with Gasteiger partial charge in [-0.25, -0.2) is 0 Å². The molecule has 48 heavy (non-hydrogen) atoms. The normalized spacial score (nSPS) is 15.4. The molecular formula is C29H70O9Si10. The monoisotopic (exact) mass is 842 g/mol. The Morgan fingerprint density at radius 3 is 1.12 bits per heavy atom.